The van der Waals surface area contributed by atoms with Crippen molar-refractivity contribution in [1.82, 2.24) is 0 Å². The van der Waals surface area contributed by atoms with E-state index in [0.29, 0.717) is 0 Å². The molecular formula is C14H16Si2. The van der Waals surface area contributed by atoms with Crippen LogP contribution in [-0.2, 0) is 0 Å². The Bertz CT molecular complexity index is 403. The first kappa shape index (κ1) is 10.1. The van der Waals surface area contributed by atoms with Crippen LogP contribution in [0.25, 0.3) is 0 Å². The van der Waals surface area contributed by atoms with Crippen LogP contribution in [-0.4, -0.2) is 17.6 Å². The Kier molecular flexibility index (Phi) is 2.76. The molecule has 0 unspecified atom stereocenters. The molecule has 1 fully saturated rings. The van der Waals surface area contributed by atoms with Gasteiger partial charge in [0.1, 0.15) is 0 Å². The van der Waals surface area contributed by atoms with Crippen molar-refractivity contribution < 1.29 is 0 Å². The summed E-state index contributed by atoms with van der Waals surface area (Å²) in [6, 6.07) is 22.4. The Hall–Kier alpha value is -1.13. The Morgan fingerprint density at radius 2 is 0.938 bits per heavy atom. The summed E-state index contributed by atoms with van der Waals surface area (Å²) in [5.41, 5.74) is 3.18. The van der Waals surface area contributed by atoms with Crippen LogP contribution in [0.1, 0.15) is 0 Å². The molecule has 1 aliphatic rings. The van der Waals surface area contributed by atoms with Crippen molar-refractivity contribution in [3.05, 3.63) is 60.7 Å². The summed E-state index contributed by atoms with van der Waals surface area (Å²) in [5.74, 6) is 0. The lowest BCUT2D eigenvalue weighted by atomic mass is 10.4. The van der Waals surface area contributed by atoms with Crippen LogP contribution in [0.3, 0.4) is 0 Å². The maximum atomic E-state index is 2.34. The first-order valence-corrected chi connectivity index (χ1v) is 10.5. The summed E-state index contributed by atoms with van der Waals surface area (Å²) in [4.78, 5) is 0. The summed E-state index contributed by atoms with van der Waals surface area (Å²) >= 11 is 0. The molecule has 16 heavy (non-hydrogen) atoms. The molecule has 2 aromatic rings. The lowest BCUT2D eigenvalue weighted by Crippen LogP contribution is -2.53. The van der Waals surface area contributed by atoms with E-state index in [9.17, 15) is 0 Å². The van der Waals surface area contributed by atoms with Gasteiger partial charge in [-0.05, 0) is 0 Å². The van der Waals surface area contributed by atoms with Crippen LogP contribution in [0.2, 0.25) is 11.3 Å². The lowest BCUT2D eigenvalue weighted by Gasteiger charge is -2.33. The highest BCUT2D eigenvalue weighted by molar-refractivity contribution is 7.06. The number of rotatable bonds is 2. The van der Waals surface area contributed by atoms with Crippen molar-refractivity contribution in [2.75, 3.05) is 0 Å². The zero-order valence-corrected chi connectivity index (χ0v) is 11.7. The fraction of sp³-hybridized carbons (Fsp3) is 0.143. The van der Waals surface area contributed by atoms with Crippen molar-refractivity contribution in [3.8, 4) is 0 Å². The molecular weight excluding hydrogens is 224 g/mol. The summed E-state index contributed by atoms with van der Waals surface area (Å²) < 4.78 is 0. The summed E-state index contributed by atoms with van der Waals surface area (Å²) in [5, 5.41) is 3.37. The fourth-order valence-electron chi connectivity index (χ4n) is 2.61. The highest BCUT2D eigenvalue weighted by Gasteiger charge is 2.33. The van der Waals surface area contributed by atoms with E-state index in [0.717, 1.165) is 0 Å². The molecule has 2 heteroatoms. The third-order valence-corrected chi connectivity index (χ3v) is 15.4. The molecule has 0 radical (unpaired) electrons. The second kappa shape index (κ2) is 4.39. The van der Waals surface area contributed by atoms with Gasteiger partial charge in [-0.2, -0.15) is 0 Å². The van der Waals surface area contributed by atoms with E-state index in [4.69, 9.17) is 0 Å². The average molecular weight is 240 g/mol. The minimum Gasteiger partial charge on any atom is -0.0636 e. The van der Waals surface area contributed by atoms with Crippen LogP contribution >= 0.6 is 0 Å². The highest BCUT2D eigenvalue weighted by atomic mass is 28.4. The van der Waals surface area contributed by atoms with Gasteiger partial charge in [0, 0.05) is 0 Å². The van der Waals surface area contributed by atoms with Crippen molar-refractivity contribution in [2.45, 2.75) is 11.3 Å². The standard InChI is InChI=1S/C14H16Si2/c1-3-7-13(8-4-1)15-11-16(12-15)14-9-5-2-6-10-14/h1-10,15-16H,11-12H2. The van der Waals surface area contributed by atoms with Crippen molar-refractivity contribution in [3.63, 3.8) is 0 Å². The second-order valence-electron chi connectivity index (χ2n) is 4.69. The maximum absolute atomic E-state index is 2.34. The summed E-state index contributed by atoms with van der Waals surface area (Å²) in [6.07, 6.45) is 0. The van der Waals surface area contributed by atoms with Crippen molar-refractivity contribution in [1.29, 1.82) is 0 Å². The molecule has 0 bridgehead atoms. The highest BCUT2D eigenvalue weighted by Crippen LogP contribution is 2.19. The minimum absolute atomic E-state index is 0.525. The zero-order chi connectivity index (χ0) is 10.8. The predicted molar refractivity (Wildman–Crippen MR) is 76.1 cm³/mol. The van der Waals surface area contributed by atoms with Gasteiger partial charge in [0.15, 0.2) is 0 Å². The molecule has 0 spiro atoms. The van der Waals surface area contributed by atoms with E-state index in [-0.39, 0.29) is 0 Å². The maximum Gasteiger partial charge on any atom is 0.0658 e. The minimum atomic E-state index is -0.525. The van der Waals surface area contributed by atoms with Crippen LogP contribution in [0.4, 0.5) is 0 Å². The van der Waals surface area contributed by atoms with E-state index in [2.05, 4.69) is 60.7 Å². The fourth-order valence-corrected chi connectivity index (χ4v) is 13.4. The SMILES string of the molecule is c1ccc([SiH]2C[SiH](c3ccccc3)C2)cc1. The molecule has 0 nitrogen and oxygen atoms in total. The van der Waals surface area contributed by atoms with Gasteiger partial charge >= 0.3 is 0 Å². The molecule has 0 atom stereocenters. The van der Waals surface area contributed by atoms with Crippen LogP contribution in [0.5, 0.6) is 0 Å². The molecule has 0 aliphatic carbocycles. The number of hydrogen-bond acceptors (Lipinski definition) is 0. The molecule has 80 valence electrons. The van der Waals surface area contributed by atoms with Crippen molar-refractivity contribution >= 4 is 28.0 Å². The largest absolute Gasteiger partial charge is 0.0658 e. The van der Waals surface area contributed by atoms with Crippen LogP contribution in [0.15, 0.2) is 60.7 Å². The molecule has 2 aromatic carbocycles. The lowest BCUT2D eigenvalue weighted by molar-refractivity contribution is 1.54. The van der Waals surface area contributed by atoms with E-state index in [1.54, 1.807) is 21.7 Å². The molecule has 1 saturated heterocycles. The zero-order valence-electron chi connectivity index (χ0n) is 9.34. The van der Waals surface area contributed by atoms with Gasteiger partial charge < -0.3 is 0 Å². The molecule has 0 saturated carbocycles. The Morgan fingerprint density at radius 1 is 0.562 bits per heavy atom. The van der Waals surface area contributed by atoms with Gasteiger partial charge in [-0.25, -0.2) is 0 Å². The third-order valence-electron chi connectivity index (χ3n) is 3.68. The summed E-state index contributed by atoms with van der Waals surface area (Å²) in [7, 11) is -1.05. The second-order valence-corrected chi connectivity index (χ2v) is 12.6. The third kappa shape index (κ3) is 1.90. The number of hydrogen-bond donors (Lipinski definition) is 0. The Morgan fingerprint density at radius 3 is 1.31 bits per heavy atom. The average Bonchev–Trinajstić information content (AvgIpc) is 2.30. The van der Waals surface area contributed by atoms with Gasteiger partial charge in [-0.3, -0.25) is 0 Å². The molecule has 0 aromatic heterocycles. The van der Waals surface area contributed by atoms with Gasteiger partial charge in [0.25, 0.3) is 0 Å². The van der Waals surface area contributed by atoms with E-state index >= 15 is 0 Å². The van der Waals surface area contributed by atoms with Crippen LogP contribution < -0.4 is 10.4 Å². The molecule has 1 aliphatic heterocycles. The van der Waals surface area contributed by atoms with Gasteiger partial charge in [0.05, 0.1) is 17.6 Å². The number of benzene rings is 2. The quantitative estimate of drug-likeness (QED) is 0.695. The topological polar surface area (TPSA) is 0 Å². The molecule has 3 rings (SSSR count). The van der Waals surface area contributed by atoms with Crippen LogP contribution in [0, 0.1) is 0 Å². The monoisotopic (exact) mass is 240 g/mol. The van der Waals surface area contributed by atoms with E-state index in [1.165, 1.54) is 0 Å². The van der Waals surface area contributed by atoms with Gasteiger partial charge in [0.2, 0.25) is 0 Å². The van der Waals surface area contributed by atoms with Gasteiger partial charge in [-0.1, -0.05) is 82.4 Å². The predicted octanol–water partition coefficient (Wildman–Crippen LogP) is 1.35. The first-order chi connectivity index (χ1) is 7.93. The van der Waals surface area contributed by atoms with E-state index < -0.39 is 17.6 Å². The Labute approximate surface area is 100 Å². The molecule has 0 N–H and O–H groups in total. The van der Waals surface area contributed by atoms with Gasteiger partial charge in [-0.15, -0.1) is 0 Å². The normalized spacial score (nSPS) is 23.8. The first-order valence-electron chi connectivity index (χ1n) is 6.03. The van der Waals surface area contributed by atoms with Crippen molar-refractivity contribution in [2.24, 2.45) is 0 Å². The van der Waals surface area contributed by atoms with E-state index in [1.807, 2.05) is 0 Å². The summed E-state index contributed by atoms with van der Waals surface area (Å²) in [6.45, 7) is 0. The Balaban J connectivity index is 1.68. The smallest absolute Gasteiger partial charge is 0.0636 e. The molecule has 0 amide bonds. The molecule has 1 heterocycles.